The minimum atomic E-state index is -3.67. The summed E-state index contributed by atoms with van der Waals surface area (Å²) < 4.78 is 40.2. The standard InChI is InChI=1S/C25H27N7O3.CH4O3S/c1-30-18-21(14-28-30)23-5-6-24(33)32(29-23)17-19-3-2-4-20(13-19)25-26-15-22(16-27-25)35-12-9-31-7-10-34-11-8-31;1-5(2,3)4/h2-6,13-16,18H,7-12,17H2,1H3;1H3,(H,2,3,4). The third-order valence-corrected chi connectivity index (χ3v) is 5.79. The molecule has 0 aliphatic carbocycles. The summed E-state index contributed by atoms with van der Waals surface area (Å²) in [7, 11) is -1.82. The van der Waals surface area contributed by atoms with Gasteiger partial charge >= 0.3 is 0 Å². The summed E-state index contributed by atoms with van der Waals surface area (Å²) in [6, 6.07) is 11.0. The number of aryl methyl sites for hydroxylation is 1. The molecule has 0 bridgehead atoms. The van der Waals surface area contributed by atoms with Crippen LogP contribution in [0.15, 0.2) is 66.0 Å². The van der Waals surface area contributed by atoms with Gasteiger partial charge in [0, 0.05) is 50.1 Å². The van der Waals surface area contributed by atoms with E-state index in [1.165, 1.54) is 10.7 Å². The van der Waals surface area contributed by atoms with Crippen molar-refractivity contribution in [2.45, 2.75) is 6.54 Å². The molecular weight excluding hydrogens is 538 g/mol. The lowest BCUT2D eigenvalue weighted by Gasteiger charge is -2.26. The van der Waals surface area contributed by atoms with E-state index in [1.807, 2.05) is 37.5 Å². The summed E-state index contributed by atoms with van der Waals surface area (Å²) in [4.78, 5) is 23.7. The van der Waals surface area contributed by atoms with Crippen molar-refractivity contribution in [3.8, 4) is 28.4 Å². The van der Waals surface area contributed by atoms with E-state index in [2.05, 4.69) is 25.1 Å². The summed E-state index contributed by atoms with van der Waals surface area (Å²) >= 11 is 0. The number of morpholine rings is 1. The minimum Gasteiger partial charge on any atom is -0.489 e. The second-order valence-electron chi connectivity index (χ2n) is 9.10. The van der Waals surface area contributed by atoms with Gasteiger partial charge in [0.05, 0.1) is 50.3 Å². The molecule has 1 aromatic carbocycles. The highest BCUT2D eigenvalue weighted by Gasteiger charge is 2.11. The molecule has 5 rings (SSSR count). The van der Waals surface area contributed by atoms with Gasteiger partial charge < -0.3 is 9.47 Å². The molecule has 1 fully saturated rings. The fourth-order valence-electron chi connectivity index (χ4n) is 3.91. The molecule has 0 unspecified atom stereocenters. The minimum absolute atomic E-state index is 0.169. The Labute approximate surface area is 231 Å². The van der Waals surface area contributed by atoms with Crippen LogP contribution in [0.3, 0.4) is 0 Å². The molecule has 1 saturated heterocycles. The van der Waals surface area contributed by atoms with Crippen LogP contribution in [0.5, 0.6) is 5.75 Å². The summed E-state index contributed by atoms with van der Waals surface area (Å²) in [5, 5.41) is 8.70. The fourth-order valence-corrected chi connectivity index (χ4v) is 3.91. The Hall–Kier alpha value is -3.98. The normalized spacial score (nSPS) is 13.9. The summed E-state index contributed by atoms with van der Waals surface area (Å²) in [5.41, 5.74) is 3.17. The lowest BCUT2D eigenvalue weighted by molar-refractivity contribution is 0.0322. The Morgan fingerprint density at radius 2 is 1.77 bits per heavy atom. The Kier molecular flexibility index (Phi) is 9.71. The van der Waals surface area contributed by atoms with Gasteiger partial charge in [-0.3, -0.25) is 18.9 Å². The Morgan fingerprint density at radius 3 is 2.45 bits per heavy atom. The van der Waals surface area contributed by atoms with Gasteiger partial charge in [-0.25, -0.2) is 14.6 Å². The molecule has 0 amide bonds. The summed E-state index contributed by atoms with van der Waals surface area (Å²) in [5.74, 6) is 1.23. The van der Waals surface area contributed by atoms with Crippen LogP contribution in [-0.2, 0) is 28.4 Å². The van der Waals surface area contributed by atoms with Gasteiger partial charge in [0.25, 0.3) is 15.7 Å². The van der Waals surface area contributed by atoms with E-state index >= 15 is 0 Å². The lowest BCUT2D eigenvalue weighted by atomic mass is 10.1. The third-order valence-electron chi connectivity index (χ3n) is 5.79. The molecule has 13 nitrogen and oxygen atoms in total. The zero-order chi connectivity index (χ0) is 28.5. The van der Waals surface area contributed by atoms with E-state index in [-0.39, 0.29) is 5.56 Å². The molecule has 4 heterocycles. The zero-order valence-electron chi connectivity index (χ0n) is 22.3. The highest BCUT2D eigenvalue weighted by molar-refractivity contribution is 7.85. The quantitative estimate of drug-likeness (QED) is 0.306. The van der Waals surface area contributed by atoms with Crippen molar-refractivity contribution in [1.82, 2.24) is 34.4 Å². The molecule has 0 atom stereocenters. The molecule has 1 N–H and O–H groups in total. The topological polar surface area (TPSA) is 155 Å². The SMILES string of the molecule is CS(=O)(=O)O.Cn1cc(-c2ccc(=O)n(Cc3cccc(-c4ncc(OCCN5CCOCC5)cn4)c3)n2)cn1. The van der Waals surface area contributed by atoms with Gasteiger partial charge in [-0.1, -0.05) is 18.2 Å². The highest BCUT2D eigenvalue weighted by atomic mass is 32.2. The first-order chi connectivity index (χ1) is 19.1. The van der Waals surface area contributed by atoms with Crippen LogP contribution in [0.1, 0.15) is 5.56 Å². The van der Waals surface area contributed by atoms with Crippen molar-refractivity contribution in [3.63, 3.8) is 0 Å². The van der Waals surface area contributed by atoms with Gasteiger partial charge in [-0.05, 0) is 17.7 Å². The molecule has 0 saturated carbocycles. The zero-order valence-corrected chi connectivity index (χ0v) is 23.1. The van der Waals surface area contributed by atoms with Crippen LogP contribution < -0.4 is 10.3 Å². The number of ether oxygens (including phenoxy) is 2. The van der Waals surface area contributed by atoms with Gasteiger partial charge in [0.15, 0.2) is 11.6 Å². The van der Waals surface area contributed by atoms with Crippen LogP contribution in [0.4, 0.5) is 0 Å². The predicted molar refractivity (Wildman–Crippen MR) is 147 cm³/mol. The lowest BCUT2D eigenvalue weighted by Crippen LogP contribution is -2.38. The number of aromatic nitrogens is 6. The fraction of sp³-hybridized carbons (Fsp3) is 0.346. The predicted octanol–water partition coefficient (Wildman–Crippen LogP) is 1.36. The molecule has 3 aromatic heterocycles. The van der Waals surface area contributed by atoms with Gasteiger partial charge in [0.2, 0.25) is 0 Å². The maximum absolute atomic E-state index is 12.4. The third kappa shape index (κ3) is 9.05. The van der Waals surface area contributed by atoms with Crippen LogP contribution in [0, 0.1) is 0 Å². The Morgan fingerprint density at radius 1 is 1.05 bits per heavy atom. The van der Waals surface area contributed by atoms with Crippen LogP contribution in [-0.4, -0.2) is 93.1 Å². The van der Waals surface area contributed by atoms with E-state index in [0.29, 0.717) is 36.7 Å². The molecule has 1 aliphatic rings. The molecule has 0 spiro atoms. The molecule has 1 aliphatic heterocycles. The molecule has 0 radical (unpaired) electrons. The number of benzene rings is 1. The number of hydrogen-bond acceptors (Lipinski definition) is 10. The second-order valence-corrected chi connectivity index (χ2v) is 10.6. The first-order valence-electron chi connectivity index (χ1n) is 12.5. The van der Waals surface area contributed by atoms with Crippen LogP contribution >= 0.6 is 0 Å². The van der Waals surface area contributed by atoms with Crippen LogP contribution in [0.25, 0.3) is 22.6 Å². The maximum Gasteiger partial charge on any atom is 0.267 e. The van der Waals surface area contributed by atoms with E-state index in [1.54, 1.807) is 29.3 Å². The van der Waals surface area contributed by atoms with E-state index in [0.717, 1.165) is 49.5 Å². The summed E-state index contributed by atoms with van der Waals surface area (Å²) in [6.45, 7) is 5.19. The Bertz CT molecular complexity index is 1560. The maximum atomic E-state index is 12.4. The van der Waals surface area contributed by atoms with Crippen molar-refractivity contribution in [3.05, 3.63) is 77.1 Å². The molecule has 212 valence electrons. The summed E-state index contributed by atoms with van der Waals surface area (Å²) in [6.07, 6.45) is 7.69. The van der Waals surface area contributed by atoms with E-state index in [4.69, 9.17) is 14.0 Å². The highest BCUT2D eigenvalue weighted by Crippen LogP contribution is 2.19. The van der Waals surface area contributed by atoms with Gasteiger partial charge in [-0.2, -0.15) is 18.6 Å². The van der Waals surface area contributed by atoms with E-state index < -0.39 is 10.1 Å². The van der Waals surface area contributed by atoms with Crippen molar-refractivity contribution in [1.29, 1.82) is 0 Å². The number of rotatable bonds is 8. The average molecular weight is 570 g/mol. The van der Waals surface area contributed by atoms with Crippen molar-refractivity contribution in [2.75, 3.05) is 45.7 Å². The molecular formula is C26H31N7O6S. The average Bonchev–Trinajstić information content (AvgIpc) is 3.36. The first-order valence-corrected chi connectivity index (χ1v) is 14.3. The van der Waals surface area contributed by atoms with Crippen molar-refractivity contribution < 1.29 is 22.4 Å². The number of hydrogen-bond donors (Lipinski definition) is 1. The second kappa shape index (κ2) is 13.4. The molecule has 14 heteroatoms. The van der Waals surface area contributed by atoms with Gasteiger partial charge in [-0.15, -0.1) is 0 Å². The first kappa shape index (κ1) is 29.0. The largest absolute Gasteiger partial charge is 0.489 e. The van der Waals surface area contributed by atoms with Crippen LogP contribution in [0.2, 0.25) is 0 Å². The Balaban J connectivity index is 0.000000681. The molecule has 4 aromatic rings. The van der Waals surface area contributed by atoms with Gasteiger partial charge in [0.1, 0.15) is 6.61 Å². The molecule has 40 heavy (non-hydrogen) atoms. The van der Waals surface area contributed by atoms with E-state index in [9.17, 15) is 13.2 Å². The van der Waals surface area contributed by atoms with Crippen molar-refractivity contribution >= 4 is 10.1 Å². The van der Waals surface area contributed by atoms with Crippen molar-refractivity contribution in [2.24, 2.45) is 7.05 Å². The smallest absolute Gasteiger partial charge is 0.267 e. The number of nitrogens with zero attached hydrogens (tertiary/aromatic N) is 7. The monoisotopic (exact) mass is 569 g/mol.